The molecule has 22 heavy (non-hydrogen) atoms. The second kappa shape index (κ2) is 5.88. The maximum absolute atomic E-state index is 12.7. The molecule has 1 fully saturated rings. The molecule has 1 aromatic heterocycles. The number of halogens is 3. The molecule has 0 aromatic carbocycles. The number of amides is 1. The minimum atomic E-state index is -4.58. The van der Waals surface area contributed by atoms with E-state index in [9.17, 15) is 23.1 Å². The fourth-order valence-corrected chi connectivity index (χ4v) is 2.77. The summed E-state index contributed by atoms with van der Waals surface area (Å²) in [7, 11) is 4.04. The van der Waals surface area contributed by atoms with E-state index in [1.165, 1.54) is 19.1 Å². The topological polar surface area (TPSA) is 67.6 Å². The molecule has 0 bridgehead atoms. The van der Waals surface area contributed by atoms with E-state index in [2.05, 4.69) is 5.10 Å². The van der Waals surface area contributed by atoms with Crippen LogP contribution in [-0.2, 0) is 18.0 Å². The monoisotopic (exact) mass is 321 g/mol. The van der Waals surface area contributed by atoms with Gasteiger partial charge in [0, 0.05) is 27.3 Å². The molecule has 1 aromatic rings. The van der Waals surface area contributed by atoms with E-state index in [4.69, 9.17) is 4.74 Å². The van der Waals surface area contributed by atoms with Gasteiger partial charge in [-0.2, -0.15) is 18.3 Å². The van der Waals surface area contributed by atoms with E-state index < -0.39 is 29.9 Å². The van der Waals surface area contributed by atoms with Gasteiger partial charge in [-0.3, -0.25) is 9.48 Å². The first-order chi connectivity index (χ1) is 10.2. The summed E-state index contributed by atoms with van der Waals surface area (Å²) >= 11 is 0. The Morgan fingerprint density at radius 1 is 1.50 bits per heavy atom. The molecule has 0 saturated heterocycles. The zero-order valence-electron chi connectivity index (χ0n) is 12.5. The average Bonchev–Trinajstić information content (AvgIpc) is 2.99. The van der Waals surface area contributed by atoms with Crippen LogP contribution in [0.2, 0.25) is 0 Å². The molecule has 1 aliphatic rings. The van der Waals surface area contributed by atoms with Crippen molar-refractivity contribution >= 4 is 5.91 Å². The molecule has 1 heterocycles. The van der Waals surface area contributed by atoms with Crippen molar-refractivity contribution in [3.8, 4) is 0 Å². The largest absolute Gasteiger partial charge is 0.433 e. The molecule has 9 heteroatoms. The van der Waals surface area contributed by atoms with Crippen LogP contribution in [0.25, 0.3) is 0 Å². The number of carbonyl (C=O) groups is 1. The molecule has 0 aliphatic heterocycles. The second-order valence-electron chi connectivity index (χ2n) is 5.36. The number of nitrogens with zero attached hydrogens (tertiary/aromatic N) is 3. The number of hydrogen-bond donors (Lipinski definition) is 1. The van der Waals surface area contributed by atoms with Gasteiger partial charge in [0.15, 0.2) is 5.69 Å². The van der Waals surface area contributed by atoms with Gasteiger partial charge in [-0.25, -0.2) is 0 Å². The van der Waals surface area contributed by atoms with Crippen LogP contribution in [0.5, 0.6) is 0 Å². The molecule has 6 nitrogen and oxygen atoms in total. The van der Waals surface area contributed by atoms with Crippen LogP contribution in [0.4, 0.5) is 13.2 Å². The predicted octanol–water partition coefficient (Wildman–Crippen LogP) is 1.05. The Morgan fingerprint density at radius 2 is 2.14 bits per heavy atom. The fourth-order valence-electron chi connectivity index (χ4n) is 2.77. The molecule has 1 saturated carbocycles. The molecule has 0 spiro atoms. The first-order valence-electron chi connectivity index (χ1n) is 6.76. The van der Waals surface area contributed by atoms with Gasteiger partial charge in [0.25, 0.3) is 5.91 Å². The summed E-state index contributed by atoms with van der Waals surface area (Å²) in [6.45, 7) is 0. The van der Waals surface area contributed by atoms with Crippen molar-refractivity contribution in [2.75, 3.05) is 14.2 Å². The van der Waals surface area contributed by atoms with Gasteiger partial charge in [-0.15, -0.1) is 0 Å². The quantitative estimate of drug-likeness (QED) is 0.904. The third-order valence-electron chi connectivity index (χ3n) is 4.03. The first kappa shape index (κ1) is 16.8. The van der Waals surface area contributed by atoms with Crippen molar-refractivity contribution in [1.82, 2.24) is 14.7 Å². The summed E-state index contributed by atoms with van der Waals surface area (Å²) in [6.07, 6.45) is -4.73. The number of rotatable bonds is 3. The minimum absolute atomic E-state index is 0.301. The lowest BCUT2D eigenvalue weighted by Crippen LogP contribution is -2.44. The van der Waals surface area contributed by atoms with E-state index in [1.54, 1.807) is 0 Å². The van der Waals surface area contributed by atoms with E-state index in [0.717, 1.165) is 7.05 Å². The van der Waals surface area contributed by atoms with E-state index >= 15 is 0 Å². The van der Waals surface area contributed by atoms with Crippen LogP contribution in [-0.4, -0.2) is 58.1 Å². The number of aliphatic hydroxyl groups excluding tert-OH is 1. The third kappa shape index (κ3) is 2.95. The standard InChI is InChI=1S/C13H18F3N3O3/c1-18(8-4-5-9(22-3)11(8)20)12(21)7-6-10(13(14,15)16)19(2)17-7/h6,8-9,11,20H,4-5H2,1-3H3/t8-,9-,11-/m1/s1. The highest BCUT2D eigenvalue weighted by Gasteiger charge is 2.40. The molecule has 1 amide bonds. The van der Waals surface area contributed by atoms with Gasteiger partial charge in [0.2, 0.25) is 0 Å². The highest BCUT2D eigenvalue weighted by molar-refractivity contribution is 5.92. The maximum atomic E-state index is 12.7. The summed E-state index contributed by atoms with van der Waals surface area (Å²) in [5, 5.41) is 13.7. The number of ether oxygens (including phenoxy) is 1. The van der Waals surface area contributed by atoms with Gasteiger partial charge < -0.3 is 14.7 Å². The summed E-state index contributed by atoms with van der Waals surface area (Å²) in [4.78, 5) is 13.5. The minimum Gasteiger partial charge on any atom is -0.388 e. The van der Waals surface area contributed by atoms with Gasteiger partial charge in [-0.1, -0.05) is 0 Å². The molecular formula is C13H18F3N3O3. The zero-order valence-corrected chi connectivity index (χ0v) is 12.5. The molecule has 0 unspecified atom stereocenters. The van der Waals surface area contributed by atoms with E-state index in [1.807, 2.05) is 0 Å². The molecular weight excluding hydrogens is 303 g/mol. The van der Waals surface area contributed by atoms with Crippen LogP contribution in [0.1, 0.15) is 29.0 Å². The number of carbonyl (C=O) groups excluding carboxylic acids is 1. The van der Waals surface area contributed by atoms with Crippen LogP contribution in [0.15, 0.2) is 6.07 Å². The van der Waals surface area contributed by atoms with Crippen molar-refractivity contribution in [2.24, 2.45) is 7.05 Å². The zero-order chi connectivity index (χ0) is 16.7. The smallest absolute Gasteiger partial charge is 0.388 e. The van der Waals surface area contributed by atoms with Crippen molar-refractivity contribution in [1.29, 1.82) is 0 Å². The molecule has 0 radical (unpaired) electrons. The van der Waals surface area contributed by atoms with Crippen molar-refractivity contribution < 1.29 is 27.8 Å². The predicted molar refractivity (Wildman–Crippen MR) is 70.1 cm³/mol. The summed E-state index contributed by atoms with van der Waals surface area (Å²) in [6, 6.07) is 0.210. The summed E-state index contributed by atoms with van der Waals surface area (Å²) < 4.78 is 44.0. The number of aryl methyl sites for hydroxylation is 1. The van der Waals surface area contributed by atoms with Gasteiger partial charge >= 0.3 is 6.18 Å². The average molecular weight is 321 g/mol. The summed E-state index contributed by atoms with van der Waals surface area (Å²) in [5.41, 5.74) is -1.30. The van der Waals surface area contributed by atoms with Crippen molar-refractivity contribution in [3.05, 3.63) is 17.5 Å². The number of aliphatic hydroxyl groups is 1. The Kier molecular flexibility index (Phi) is 4.48. The molecule has 2 rings (SSSR count). The highest BCUT2D eigenvalue weighted by atomic mass is 19.4. The Bertz CT molecular complexity index is 558. The van der Waals surface area contributed by atoms with Crippen LogP contribution >= 0.6 is 0 Å². The Labute approximate surface area is 125 Å². The van der Waals surface area contributed by atoms with Crippen LogP contribution < -0.4 is 0 Å². The lowest BCUT2D eigenvalue weighted by Gasteiger charge is -2.27. The summed E-state index contributed by atoms with van der Waals surface area (Å²) in [5.74, 6) is -0.660. The SMILES string of the molecule is CO[C@@H]1CC[C@@H](N(C)C(=O)c2cc(C(F)(F)F)n(C)n2)[C@H]1O. The second-order valence-corrected chi connectivity index (χ2v) is 5.36. The fraction of sp³-hybridized carbons (Fsp3) is 0.692. The van der Waals surface area contributed by atoms with Gasteiger partial charge in [-0.05, 0) is 12.8 Å². The number of methoxy groups -OCH3 is 1. The number of likely N-dealkylation sites (N-methyl/N-ethyl adjacent to an activating group) is 1. The highest BCUT2D eigenvalue weighted by Crippen LogP contribution is 2.30. The normalized spacial score (nSPS) is 25.5. The molecule has 1 aliphatic carbocycles. The number of alkyl halides is 3. The Hall–Kier alpha value is -1.61. The third-order valence-corrected chi connectivity index (χ3v) is 4.03. The Morgan fingerprint density at radius 3 is 2.59 bits per heavy atom. The first-order valence-corrected chi connectivity index (χ1v) is 6.76. The Balaban J connectivity index is 2.18. The molecule has 3 atom stereocenters. The number of hydrogen-bond acceptors (Lipinski definition) is 4. The lowest BCUT2D eigenvalue weighted by molar-refractivity contribution is -0.143. The van der Waals surface area contributed by atoms with Crippen LogP contribution in [0.3, 0.4) is 0 Å². The van der Waals surface area contributed by atoms with E-state index in [-0.39, 0.29) is 11.8 Å². The van der Waals surface area contributed by atoms with Crippen LogP contribution in [0, 0.1) is 0 Å². The molecule has 1 N–H and O–H groups in total. The van der Waals surface area contributed by atoms with Crippen molar-refractivity contribution in [3.63, 3.8) is 0 Å². The van der Waals surface area contributed by atoms with Gasteiger partial charge in [0.05, 0.1) is 12.1 Å². The molecule has 124 valence electrons. The number of aromatic nitrogens is 2. The lowest BCUT2D eigenvalue weighted by atomic mass is 10.1. The maximum Gasteiger partial charge on any atom is 0.433 e. The van der Waals surface area contributed by atoms with E-state index in [0.29, 0.717) is 23.6 Å². The van der Waals surface area contributed by atoms with Gasteiger partial charge in [0.1, 0.15) is 11.8 Å². The van der Waals surface area contributed by atoms with Crippen molar-refractivity contribution in [2.45, 2.75) is 37.3 Å².